The number of nitrogen functional groups attached to an aromatic ring is 1. The molecule has 0 bridgehead atoms. The predicted octanol–water partition coefficient (Wildman–Crippen LogP) is 0.145. The van der Waals surface area contributed by atoms with Gasteiger partial charge in [-0.05, 0) is 22.4 Å². The number of benzene rings is 1. The van der Waals surface area contributed by atoms with Gasteiger partial charge in [-0.2, -0.15) is 0 Å². The molecule has 1 aromatic heterocycles. The maximum atomic E-state index is 11.5. The minimum absolute atomic E-state index is 0.186. The zero-order valence-corrected chi connectivity index (χ0v) is 11.3. The molecule has 0 fully saturated rings. The molecule has 110 valence electrons. The third kappa shape index (κ3) is 3.83. The first-order valence-electron chi connectivity index (χ1n) is 5.62. The molecule has 0 atom stereocenters. The fourth-order valence-corrected chi connectivity index (χ4v) is 1.47. The second-order valence-electron chi connectivity index (χ2n) is 3.72. The molecule has 9 nitrogen and oxygen atoms in total. The van der Waals surface area contributed by atoms with Gasteiger partial charge < -0.3 is 10.5 Å². The first kappa shape index (κ1) is 14.6. The van der Waals surface area contributed by atoms with Crippen LogP contribution in [0.2, 0.25) is 5.02 Å². The van der Waals surface area contributed by atoms with E-state index < -0.39 is 11.8 Å². The summed E-state index contributed by atoms with van der Waals surface area (Å²) in [4.78, 5) is 23.0. The van der Waals surface area contributed by atoms with Crippen molar-refractivity contribution in [2.75, 3.05) is 12.3 Å². The number of hydrogen-bond donors (Lipinski definition) is 3. The Hall–Kier alpha value is -2.81. The molecule has 0 aliphatic heterocycles. The normalized spacial score (nSPS) is 9.95. The lowest BCUT2D eigenvalue weighted by Crippen LogP contribution is -2.44. The van der Waals surface area contributed by atoms with Gasteiger partial charge in [0.1, 0.15) is 5.75 Å². The smallest absolute Gasteiger partial charge is 0.295 e. The molecule has 0 saturated carbocycles. The lowest BCUT2D eigenvalue weighted by atomic mass is 10.3. The minimum Gasteiger partial charge on any atom is -0.482 e. The number of ether oxygens (including phenoxy) is 1. The van der Waals surface area contributed by atoms with Crippen LogP contribution in [0.15, 0.2) is 28.9 Å². The molecule has 1 aromatic carbocycles. The van der Waals surface area contributed by atoms with Gasteiger partial charge in [-0.3, -0.25) is 20.4 Å². The number of halogens is 1. The largest absolute Gasteiger partial charge is 0.482 e. The van der Waals surface area contributed by atoms with Crippen molar-refractivity contribution in [2.45, 2.75) is 0 Å². The van der Waals surface area contributed by atoms with Crippen LogP contribution in [0.3, 0.4) is 0 Å². The van der Waals surface area contributed by atoms with Gasteiger partial charge in [0.15, 0.2) is 6.61 Å². The topological polar surface area (TPSA) is 132 Å². The van der Waals surface area contributed by atoms with Crippen molar-refractivity contribution in [3.8, 4) is 5.75 Å². The maximum Gasteiger partial charge on any atom is 0.295 e. The molecule has 0 radical (unpaired) electrons. The van der Waals surface area contributed by atoms with Crippen LogP contribution >= 0.6 is 11.6 Å². The van der Waals surface area contributed by atoms with Gasteiger partial charge in [-0.15, -0.1) is 0 Å². The van der Waals surface area contributed by atoms with Gasteiger partial charge in [-0.25, -0.2) is 4.63 Å². The number of aromatic nitrogens is 2. The van der Waals surface area contributed by atoms with E-state index in [1.54, 1.807) is 24.3 Å². The summed E-state index contributed by atoms with van der Waals surface area (Å²) in [5, 5.41) is 6.88. The molecule has 0 spiro atoms. The van der Waals surface area contributed by atoms with Crippen LogP contribution in [0.25, 0.3) is 0 Å². The number of hydrazine groups is 1. The molecule has 0 unspecified atom stereocenters. The molecule has 2 amide bonds. The number of nitrogens with zero attached hydrogens (tertiary/aromatic N) is 2. The molecule has 2 aromatic rings. The van der Waals surface area contributed by atoms with Crippen molar-refractivity contribution in [3.63, 3.8) is 0 Å². The van der Waals surface area contributed by atoms with E-state index in [-0.39, 0.29) is 18.1 Å². The summed E-state index contributed by atoms with van der Waals surface area (Å²) < 4.78 is 9.43. The molecular weight excluding hydrogens is 302 g/mol. The average molecular weight is 312 g/mol. The zero-order chi connectivity index (χ0) is 15.2. The second kappa shape index (κ2) is 6.57. The van der Waals surface area contributed by atoms with Crippen molar-refractivity contribution < 1.29 is 19.0 Å². The summed E-state index contributed by atoms with van der Waals surface area (Å²) >= 11 is 5.85. The molecule has 2 rings (SSSR count). The molecule has 0 aliphatic carbocycles. The number of rotatable bonds is 4. The van der Waals surface area contributed by atoms with E-state index in [4.69, 9.17) is 22.1 Å². The van der Waals surface area contributed by atoms with Crippen molar-refractivity contribution in [2.24, 2.45) is 0 Å². The second-order valence-corrected chi connectivity index (χ2v) is 4.13. The molecule has 21 heavy (non-hydrogen) atoms. The van der Waals surface area contributed by atoms with Crippen LogP contribution in [0.1, 0.15) is 10.5 Å². The molecule has 1 heterocycles. The van der Waals surface area contributed by atoms with Crippen LogP contribution in [-0.2, 0) is 4.79 Å². The average Bonchev–Trinajstić information content (AvgIpc) is 2.90. The van der Waals surface area contributed by atoms with Gasteiger partial charge in [0.25, 0.3) is 11.8 Å². The fraction of sp³-hybridized carbons (Fsp3) is 0.0909. The molecular formula is C11H10ClN5O4. The summed E-state index contributed by atoms with van der Waals surface area (Å²) in [6.07, 6.45) is 0. The van der Waals surface area contributed by atoms with E-state index in [0.717, 1.165) is 0 Å². The highest BCUT2D eigenvalue weighted by molar-refractivity contribution is 6.32. The van der Waals surface area contributed by atoms with E-state index in [1.165, 1.54) is 0 Å². The van der Waals surface area contributed by atoms with E-state index in [1.807, 2.05) is 0 Å². The fourth-order valence-electron chi connectivity index (χ4n) is 1.28. The number of para-hydroxylation sites is 1. The van der Waals surface area contributed by atoms with Crippen molar-refractivity contribution in [1.29, 1.82) is 0 Å². The van der Waals surface area contributed by atoms with Crippen LogP contribution in [0.5, 0.6) is 5.75 Å². The molecule has 0 saturated heterocycles. The summed E-state index contributed by atoms with van der Waals surface area (Å²) in [5.41, 5.74) is 9.28. The Labute approximate surface area is 123 Å². The van der Waals surface area contributed by atoms with Crippen LogP contribution < -0.4 is 21.3 Å². The highest BCUT2D eigenvalue weighted by Gasteiger charge is 2.16. The predicted molar refractivity (Wildman–Crippen MR) is 71.3 cm³/mol. The Kier molecular flexibility index (Phi) is 4.57. The summed E-state index contributed by atoms with van der Waals surface area (Å²) in [7, 11) is 0. The van der Waals surface area contributed by atoms with Gasteiger partial charge in [0, 0.05) is 0 Å². The third-order valence-electron chi connectivity index (χ3n) is 2.24. The van der Waals surface area contributed by atoms with Gasteiger partial charge in [0.05, 0.1) is 5.02 Å². The Balaban J connectivity index is 1.79. The highest BCUT2D eigenvalue weighted by Crippen LogP contribution is 2.22. The van der Waals surface area contributed by atoms with Crippen LogP contribution in [0.4, 0.5) is 5.82 Å². The lowest BCUT2D eigenvalue weighted by molar-refractivity contribution is -0.123. The molecule has 0 aliphatic rings. The van der Waals surface area contributed by atoms with Crippen LogP contribution in [0, 0.1) is 0 Å². The Morgan fingerprint density at radius 2 is 2.05 bits per heavy atom. The van der Waals surface area contributed by atoms with Crippen molar-refractivity contribution in [3.05, 3.63) is 35.0 Å². The minimum atomic E-state index is -0.764. The van der Waals surface area contributed by atoms with Gasteiger partial charge in [-0.1, -0.05) is 23.7 Å². The first-order valence-corrected chi connectivity index (χ1v) is 6.00. The summed E-state index contributed by atoms with van der Waals surface area (Å²) in [6, 6.07) is 6.67. The number of anilines is 1. The Bertz CT molecular complexity index is 660. The number of nitrogens with two attached hydrogens (primary N) is 1. The molecule has 4 N–H and O–H groups in total. The van der Waals surface area contributed by atoms with Crippen molar-refractivity contribution in [1.82, 2.24) is 21.2 Å². The van der Waals surface area contributed by atoms with E-state index in [2.05, 4.69) is 25.8 Å². The number of carbonyl (C=O) groups is 2. The zero-order valence-electron chi connectivity index (χ0n) is 10.5. The monoisotopic (exact) mass is 311 g/mol. The SMILES string of the molecule is Nc1nonc1C(=O)NNC(=O)COc1ccccc1Cl. The number of nitrogens with one attached hydrogen (secondary N) is 2. The van der Waals surface area contributed by atoms with E-state index in [9.17, 15) is 9.59 Å². The number of amides is 2. The van der Waals surface area contributed by atoms with Gasteiger partial charge in [0.2, 0.25) is 11.5 Å². The van der Waals surface area contributed by atoms with Crippen LogP contribution in [-0.4, -0.2) is 28.7 Å². The van der Waals surface area contributed by atoms with Gasteiger partial charge >= 0.3 is 0 Å². The standard InChI is InChI=1S/C11H10ClN5O4/c12-6-3-1-2-4-7(6)20-5-8(18)14-15-11(19)9-10(13)17-21-16-9/h1-4H,5H2,(H2,13,17)(H,14,18)(H,15,19). The summed E-state index contributed by atoms with van der Waals surface area (Å²) in [6.45, 7) is -0.337. The van der Waals surface area contributed by atoms with E-state index in [0.29, 0.717) is 10.8 Å². The highest BCUT2D eigenvalue weighted by atomic mass is 35.5. The lowest BCUT2D eigenvalue weighted by Gasteiger charge is -2.08. The Morgan fingerprint density at radius 3 is 2.71 bits per heavy atom. The van der Waals surface area contributed by atoms with Crippen molar-refractivity contribution >= 4 is 29.2 Å². The van der Waals surface area contributed by atoms with E-state index >= 15 is 0 Å². The maximum absolute atomic E-state index is 11.5. The summed E-state index contributed by atoms with van der Waals surface area (Å²) in [5.74, 6) is -1.20. The Morgan fingerprint density at radius 1 is 1.29 bits per heavy atom. The number of carbonyl (C=O) groups excluding carboxylic acids is 2. The third-order valence-corrected chi connectivity index (χ3v) is 2.55. The molecule has 10 heteroatoms. The number of hydrogen-bond acceptors (Lipinski definition) is 7. The quantitative estimate of drug-likeness (QED) is 0.684. The first-order chi connectivity index (χ1) is 10.1.